The molecule has 2 heterocycles. The number of carbonyl (C=O) groups is 1. The van der Waals surface area contributed by atoms with Gasteiger partial charge in [0.2, 0.25) is 0 Å². The van der Waals surface area contributed by atoms with Crippen molar-refractivity contribution in [3.63, 3.8) is 0 Å². The Balaban J connectivity index is 0.00000341. The van der Waals surface area contributed by atoms with E-state index in [1.54, 1.807) is 13.1 Å². The molecular weight excluding hydrogens is 517 g/mol. The zero-order chi connectivity index (χ0) is 21.9. The van der Waals surface area contributed by atoms with E-state index in [9.17, 15) is 13.6 Å². The summed E-state index contributed by atoms with van der Waals surface area (Å²) in [5.74, 6) is -1.00. The van der Waals surface area contributed by atoms with Gasteiger partial charge in [0.25, 0.3) is 0 Å². The van der Waals surface area contributed by atoms with Crippen LogP contribution in [0.5, 0.6) is 0 Å². The van der Waals surface area contributed by atoms with Gasteiger partial charge in [-0.3, -0.25) is 4.99 Å². The van der Waals surface area contributed by atoms with Crippen LogP contribution in [0.25, 0.3) is 0 Å². The van der Waals surface area contributed by atoms with Crippen molar-refractivity contribution in [3.8, 4) is 0 Å². The average molecular weight is 550 g/mol. The number of nitrogens with zero attached hydrogens (tertiary/aromatic N) is 2. The molecule has 0 saturated carbocycles. The molecule has 1 amide bonds. The summed E-state index contributed by atoms with van der Waals surface area (Å²) in [4.78, 5) is 18.7. The molecule has 1 aromatic rings. The number of benzene rings is 1. The predicted octanol–water partition coefficient (Wildman–Crippen LogP) is 4.22. The SMILES string of the molecule is CN=C(NCCc1cccc(F)c1F)NC1CC2CCC(C1)N2C(=O)OC(C)(C)C.I. The molecule has 2 aliphatic heterocycles. The van der Waals surface area contributed by atoms with Gasteiger partial charge in [-0.2, -0.15) is 0 Å². The van der Waals surface area contributed by atoms with Crippen LogP contribution in [0.2, 0.25) is 0 Å². The van der Waals surface area contributed by atoms with Gasteiger partial charge in [-0.05, 0) is 64.5 Å². The highest BCUT2D eigenvalue weighted by molar-refractivity contribution is 14.0. The molecule has 2 atom stereocenters. The van der Waals surface area contributed by atoms with Gasteiger partial charge in [0.15, 0.2) is 17.6 Å². The Kier molecular flexibility index (Phi) is 8.91. The van der Waals surface area contributed by atoms with Crippen LogP contribution in [-0.2, 0) is 11.2 Å². The third-order valence-electron chi connectivity index (χ3n) is 5.62. The molecule has 2 fully saturated rings. The summed E-state index contributed by atoms with van der Waals surface area (Å²) in [5, 5.41) is 6.59. The fourth-order valence-corrected chi connectivity index (χ4v) is 4.35. The van der Waals surface area contributed by atoms with Crippen LogP contribution in [0.4, 0.5) is 13.6 Å². The van der Waals surface area contributed by atoms with Gasteiger partial charge in [-0.1, -0.05) is 12.1 Å². The van der Waals surface area contributed by atoms with Crippen LogP contribution in [-0.4, -0.2) is 54.3 Å². The van der Waals surface area contributed by atoms with E-state index in [0.717, 1.165) is 31.7 Å². The van der Waals surface area contributed by atoms with Crippen LogP contribution in [0.15, 0.2) is 23.2 Å². The predicted molar refractivity (Wildman–Crippen MR) is 128 cm³/mol. The molecular formula is C22H33F2IN4O2. The maximum absolute atomic E-state index is 13.8. The summed E-state index contributed by atoms with van der Waals surface area (Å²) < 4.78 is 32.7. The Morgan fingerprint density at radius 1 is 1.23 bits per heavy atom. The number of carbonyl (C=O) groups excluding carboxylic acids is 1. The fraction of sp³-hybridized carbons (Fsp3) is 0.636. The van der Waals surface area contributed by atoms with Gasteiger partial charge in [0, 0.05) is 31.7 Å². The number of aliphatic imine (C=N–C) groups is 1. The number of halogens is 3. The minimum atomic E-state index is -0.831. The number of rotatable bonds is 4. The number of nitrogens with one attached hydrogen (secondary N) is 2. The molecule has 0 spiro atoms. The summed E-state index contributed by atoms with van der Waals surface area (Å²) in [5.41, 5.74) is -0.166. The topological polar surface area (TPSA) is 66.0 Å². The maximum atomic E-state index is 13.8. The van der Waals surface area contributed by atoms with E-state index in [4.69, 9.17) is 4.74 Å². The van der Waals surface area contributed by atoms with E-state index >= 15 is 0 Å². The molecule has 3 rings (SSSR count). The number of piperidine rings is 1. The van der Waals surface area contributed by atoms with Crippen molar-refractivity contribution >= 4 is 36.0 Å². The number of hydrogen-bond donors (Lipinski definition) is 2. The fourth-order valence-electron chi connectivity index (χ4n) is 4.35. The smallest absolute Gasteiger partial charge is 0.410 e. The molecule has 2 saturated heterocycles. The van der Waals surface area contributed by atoms with Crippen molar-refractivity contribution < 1.29 is 18.3 Å². The molecule has 2 aliphatic rings. The van der Waals surface area contributed by atoms with Crippen LogP contribution < -0.4 is 10.6 Å². The molecule has 6 nitrogen and oxygen atoms in total. The zero-order valence-corrected chi connectivity index (χ0v) is 20.9. The number of guanidine groups is 1. The van der Waals surface area contributed by atoms with Crippen molar-refractivity contribution in [2.45, 2.75) is 76.6 Å². The summed E-state index contributed by atoms with van der Waals surface area (Å²) in [6, 6.07) is 4.73. The molecule has 2 N–H and O–H groups in total. The lowest BCUT2D eigenvalue weighted by atomic mass is 9.98. The lowest BCUT2D eigenvalue weighted by Gasteiger charge is -2.40. The summed E-state index contributed by atoms with van der Waals surface area (Å²) >= 11 is 0. The van der Waals surface area contributed by atoms with Crippen LogP contribution in [0, 0.1) is 11.6 Å². The average Bonchev–Trinajstić information content (AvgIpc) is 2.94. The standard InChI is InChI=1S/C22H32F2N4O2.HI/c1-22(2,3)30-21(29)28-16-8-9-17(28)13-15(12-16)27-20(25-4)26-11-10-14-6-5-7-18(23)19(14)24;/h5-7,15-17H,8-13H2,1-4H3,(H2,25,26,27);1H. The van der Waals surface area contributed by atoms with Gasteiger partial charge in [0.1, 0.15) is 5.60 Å². The van der Waals surface area contributed by atoms with Gasteiger partial charge in [0.05, 0.1) is 0 Å². The van der Waals surface area contributed by atoms with E-state index in [2.05, 4.69) is 15.6 Å². The first-order chi connectivity index (χ1) is 14.2. The second-order valence-corrected chi connectivity index (χ2v) is 9.05. The Hall–Kier alpha value is -1.65. The van der Waals surface area contributed by atoms with E-state index in [-0.39, 0.29) is 48.2 Å². The number of fused-ring (bicyclic) bond motifs is 2. The van der Waals surface area contributed by atoms with E-state index < -0.39 is 17.2 Å². The normalized spacial score (nSPS) is 23.2. The Morgan fingerprint density at radius 2 is 1.87 bits per heavy atom. The van der Waals surface area contributed by atoms with Crippen molar-refractivity contribution in [2.75, 3.05) is 13.6 Å². The first-order valence-corrected chi connectivity index (χ1v) is 10.6. The molecule has 1 aromatic carbocycles. The first-order valence-electron chi connectivity index (χ1n) is 10.6. The zero-order valence-electron chi connectivity index (χ0n) is 18.6. The van der Waals surface area contributed by atoms with Crippen molar-refractivity contribution in [2.24, 2.45) is 4.99 Å². The third-order valence-corrected chi connectivity index (χ3v) is 5.62. The summed E-state index contributed by atoms with van der Waals surface area (Å²) in [7, 11) is 1.68. The number of ether oxygens (including phenoxy) is 1. The molecule has 9 heteroatoms. The van der Waals surface area contributed by atoms with Crippen molar-refractivity contribution in [1.82, 2.24) is 15.5 Å². The molecule has 31 heavy (non-hydrogen) atoms. The van der Waals surface area contributed by atoms with E-state index in [0.29, 0.717) is 24.5 Å². The summed E-state index contributed by atoms with van der Waals surface area (Å²) in [6.45, 7) is 6.08. The Labute approximate surface area is 200 Å². The van der Waals surface area contributed by atoms with Crippen LogP contribution >= 0.6 is 24.0 Å². The molecule has 0 aliphatic carbocycles. The van der Waals surface area contributed by atoms with Crippen LogP contribution in [0.3, 0.4) is 0 Å². The van der Waals surface area contributed by atoms with Gasteiger partial charge >= 0.3 is 6.09 Å². The molecule has 174 valence electrons. The maximum Gasteiger partial charge on any atom is 0.410 e. The monoisotopic (exact) mass is 550 g/mol. The quantitative estimate of drug-likeness (QED) is 0.335. The van der Waals surface area contributed by atoms with E-state index in [1.165, 1.54) is 6.07 Å². The Bertz CT molecular complexity index is 786. The number of hydrogen-bond acceptors (Lipinski definition) is 3. The Morgan fingerprint density at radius 3 is 2.45 bits per heavy atom. The molecule has 2 unspecified atom stereocenters. The summed E-state index contributed by atoms with van der Waals surface area (Å²) in [6.07, 6.45) is 3.74. The highest BCUT2D eigenvalue weighted by Gasteiger charge is 2.45. The third kappa shape index (κ3) is 6.66. The minimum absolute atomic E-state index is 0. The van der Waals surface area contributed by atoms with Crippen molar-refractivity contribution in [3.05, 3.63) is 35.4 Å². The van der Waals surface area contributed by atoms with Crippen molar-refractivity contribution in [1.29, 1.82) is 0 Å². The van der Waals surface area contributed by atoms with Gasteiger partial charge in [-0.25, -0.2) is 13.6 Å². The van der Waals surface area contributed by atoms with Gasteiger partial charge < -0.3 is 20.3 Å². The van der Waals surface area contributed by atoms with Crippen LogP contribution in [0.1, 0.15) is 52.0 Å². The molecule has 2 bridgehead atoms. The van der Waals surface area contributed by atoms with Gasteiger partial charge in [-0.15, -0.1) is 24.0 Å². The lowest BCUT2D eigenvalue weighted by molar-refractivity contribution is 0.00545. The van der Waals surface area contributed by atoms with E-state index in [1.807, 2.05) is 25.7 Å². The first kappa shape index (κ1) is 25.6. The second kappa shape index (κ2) is 10.8. The lowest BCUT2D eigenvalue weighted by Crippen LogP contribution is -2.55. The highest BCUT2D eigenvalue weighted by Crippen LogP contribution is 2.36. The number of amides is 1. The largest absolute Gasteiger partial charge is 0.444 e. The molecule has 0 aromatic heterocycles. The highest BCUT2D eigenvalue weighted by atomic mass is 127. The molecule has 0 radical (unpaired) electrons. The second-order valence-electron chi connectivity index (χ2n) is 9.05. The minimum Gasteiger partial charge on any atom is -0.444 e.